The highest BCUT2D eigenvalue weighted by molar-refractivity contribution is 7.91. The van der Waals surface area contributed by atoms with Gasteiger partial charge in [0, 0.05) is 26.7 Å². The number of likely N-dealkylation sites (N-methyl/N-ethyl adjacent to an activating group) is 1. The Morgan fingerprint density at radius 1 is 1.23 bits per heavy atom. The van der Waals surface area contributed by atoms with Crippen molar-refractivity contribution in [1.82, 2.24) is 9.80 Å². The first-order chi connectivity index (χ1) is 10.3. The van der Waals surface area contributed by atoms with Gasteiger partial charge in [-0.3, -0.25) is 9.69 Å². The summed E-state index contributed by atoms with van der Waals surface area (Å²) in [6.07, 6.45) is 0. The molecular formula is C14H18Cl2N2O3S. The van der Waals surface area contributed by atoms with Gasteiger partial charge in [0.05, 0.1) is 28.1 Å². The molecule has 0 aliphatic carbocycles. The molecule has 1 amide bonds. The number of benzene rings is 1. The second-order valence-electron chi connectivity index (χ2n) is 5.43. The van der Waals surface area contributed by atoms with Crippen LogP contribution in [0, 0.1) is 0 Å². The fourth-order valence-electron chi connectivity index (χ4n) is 2.22. The second-order valence-corrected chi connectivity index (χ2v) is 8.54. The number of carbonyl (C=O) groups is 1. The molecule has 0 radical (unpaired) electrons. The van der Waals surface area contributed by atoms with Crippen molar-refractivity contribution in [3.8, 4) is 0 Å². The van der Waals surface area contributed by atoms with Crippen LogP contribution < -0.4 is 0 Å². The van der Waals surface area contributed by atoms with Crippen molar-refractivity contribution < 1.29 is 13.2 Å². The van der Waals surface area contributed by atoms with Crippen LogP contribution in [0.3, 0.4) is 0 Å². The van der Waals surface area contributed by atoms with E-state index in [0.717, 1.165) is 5.56 Å². The molecule has 1 saturated heterocycles. The smallest absolute Gasteiger partial charge is 0.236 e. The van der Waals surface area contributed by atoms with Crippen molar-refractivity contribution in [3.05, 3.63) is 33.8 Å². The Hall–Kier alpha value is -0.820. The summed E-state index contributed by atoms with van der Waals surface area (Å²) in [5.74, 6) is 0.193. The third-order valence-electron chi connectivity index (χ3n) is 3.63. The lowest BCUT2D eigenvalue weighted by Gasteiger charge is -2.28. The number of carbonyl (C=O) groups excluding carboxylic acids is 1. The zero-order chi connectivity index (χ0) is 16.3. The molecular weight excluding hydrogens is 347 g/mol. The van der Waals surface area contributed by atoms with Gasteiger partial charge < -0.3 is 4.90 Å². The van der Waals surface area contributed by atoms with Crippen molar-refractivity contribution in [2.45, 2.75) is 6.54 Å². The van der Waals surface area contributed by atoms with Gasteiger partial charge in [0.25, 0.3) is 0 Å². The minimum Gasteiger partial charge on any atom is -0.340 e. The summed E-state index contributed by atoms with van der Waals surface area (Å²) in [5, 5.41) is 0.940. The van der Waals surface area contributed by atoms with Gasteiger partial charge in [-0.05, 0) is 17.7 Å². The molecule has 0 bridgehead atoms. The number of amides is 1. The van der Waals surface area contributed by atoms with E-state index in [1.807, 2.05) is 11.0 Å². The Morgan fingerprint density at radius 2 is 1.86 bits per heavy atom. The first kappa shape index (κ1) is 17.5. The molecule has 1 aromatic rings. The van der Waals surface area contributed by atoms with Gasteiger partial charge in [0.15, 0.2) is 9.84 Å². The minimum atomic E-state index is -2.92. The van der Waals surface area contributed by atoms with E-state index in [1.54, 1.807) is 24.1 Å². The Morgan fingerprint density at radius 3 is 2.45 bits per heavy atom. The Balaban J connectivity index is 1.88. The predicted molar refractivity (Wildman–Crippen MR) is 88.0 cm³/mol. The third-order valence-corrected chi connectivity index (χ3v) is 5.97. The van der Waals surface area contributed by atoms with Crippen molar-refractivity contribution in [1.29, 1.82) is 0 Å². The number of hydrogen-bond acceptors (Lipinski definition) is 4. The molecule has 8 heteroatoms. The highest BCUT2D eigenvalue weighted by Crippen LogP contribution is 2.23. The zero-order valence-electron chi connectivity index (χ0n) is 12.3. The van der Waals surface area contributed by atoms with Crippen LogP contribution in [0.5, 0.6) is 0 Å². The molecule has 0 unspecified atom stereocenters. The molecule has 5 nitrogen and oxygen atoms in total. The van der Waals surface area contributed by atoms with Gasteiger partial charge in [0.1, 0.15) is 0 Å². The molecule has 0 saturated carbocycles. The lowest BCUT2D eigenvalue weighted by Crippen LogP contribution is -2.45. The minimum absolute atomic E-state index is 0.0506. The summed E-state index contributed by atoms with van der Waals surface area (Å²) in [6.45, 7) is 1.48. The molecule has 0 N–H and O–H groups in total. The second kappa shape index (κ2) is 7.17. The van der Waals surface area contributed by atoms with Crippen LogP contribution >= 0.6 is 23.2 Å². The SMILES string of the molecule is CN(Cc1ccc(Cl)c(Cl)c1)C(=O)CN1CCS(=O)(=O)CC1. The van der Waals surface area contributed by atoms with Crippen LogP contribution in [-0.2, 0) is 21.2 Å². The molecule has 1 aliphatic heterocycles. The maximum absolute atomic E-state index is 12.2. The van der Waals surface area contributed by atoms with Crippen LogP contribution in [0.2, 0.25) is 10.0 Å². The first-order valence-corrected chi connectivity index (χ1v) is 9.45. The molecule has 1 aliphatic rings. The van der Waals surface area contributed by atoms with E-state index in [-0.39, 0.29) is 24.0 Å². The number of rotatable bonds is 4. The van der Waals surface area contributed by atoms with Crippen molar-refractivity contribution >= 4 is 38.9 Å². The fourth-order valence-corrected chi connectivity index (χ4v) is 3.82. The fraction of sp³-hybridized carbons (Fsp3) is 0.500. The first-order valence-electron chi connectivity index (χ1n) is 6.87. The Bertz CT molecular complexity index is 650. The number of hydrogen-bond donors (Lipinski definition) is 0. The largest absolute Gasteiger partial charge is 0.340 e. The van der Waals surface area contributed by atoms with Crippen molar-refractivity contribution in [3.63, 3.8) is 0 Å². The third kappa shape index (κ3) is 4.84. The summed E-state index contributed by atoms with van der Waals surface area (Å²) in [6, 6.07) is 5.26. The number of nitrogens with zero attached hydrogens (tertiary/aromatic N) is 2. The molecule has 22 heavy (non-hydrogen) atoms. The summed E-state index contributed by atoms with van der Waals surface area (Å²) in [5.41, 5.74) is 0.895. The highest BCUT2D eigenvalue weighted by Gasteiger charge is 2.24. The van der Waals surface area contributed by atoms with E-state index in [2.05, 4.69) is 0 Å². The Labute approximate surface area is 140 Å². The molecule has 0 atom stereocenters. The summed E-state index contributed by atoms with van der Waals surface area (Å²) >= 11 is 11.8. The van der Waals surface area contributed by atoms with Gasteiger partial charge in [-0.2, -0.15) is 0 Å². The highest BCUT2D eigenvalue weighted by atomic mass is 35.5. The molecule has 0 spiro atoms. The van der Waals surface area contributed by atoms with Gasteiger partial charge in [-0.15, -0.1) is 0 Å². The van der Waals surface area contributed by atoms with Crippen LogP contribution in [0.1, 0.15) is 5.56 Å². The van der Waals surface area contributed by atoms with Gasteiger partial charge in [-0.25, -0.2) is 8.42 Å². The lowest BCUT2D eigenvalue weighted by atomic mass is 10.2. The molecule has 2 rings (SSSR count). The van der Waals surface area contributed by atoms with Crippen molar-refractivity contribution in [2.75, 3.05) is 38.2 Å². The van der Waals surface area contributed by atoms with Crippen molar-refractivity contribution in [2.24, 2.45) is 0 Å². The monoisotopic (exact) mass is 364 g/mol. The topological polar surface area (TPSA) is 57.7 Å². The molecule has 0 aromatic heterocycles. The van der Waals surface area contributed by atoms with E-state index >= 15 is 0 Å². The van der Waals surface area contributed by atoms with E-state index < -0.39 is 9.84 Å². The van der Waals surface area contributed by atoms with Crippen LogP contribution in [-0.4, -0.2) is 62.3 Å². The van der Waals surface area contributed by atoms with Gasteiger partial charge >= 0.3 is 0 Å². The standard InChI is InChI=1S/C14H18Cl2N2O3S/c1-17(9-11-2-3-12(15)13(16)8-11)14(19)10-18-4-6-22(20,21)7-5-18/h2-3,8H,4-7,9-10H2,1H3. The molecule has 1 aromatic carbocycles. The Kier molecular flexibility index (Phi) is 5.71. The average Bonchev–Trinajstić information content (AvgIpc) is 2.45. The maximum Gasteiger partial charge on any atom is 0.236 e. The lowest BCUT2D eigenvalue weighted by molar-refractivity contribution is -0.131. The van der Waals surface area contributed by atoms with Crippen LogP contribution in [0.15, 0.2) is 18.2 Å². The summed E-state index contributed by atoms with van der Waals surface area (Å²) in [4.78, 5) is 15.7. The maximum atomic E-state index is 12.2. The molecule has 1 heterocycles. The molecule has 1 fully saturated rings. The predicted octanol–water partition coefficient (Wildman–Crippen LogP) is 1.68. The van der Waals surface area contributed by atoms with E-state index in [0.29, 0.717) is 29.7 Å². The van der Waals surface area contributed by atoms with Gasteiger partial charge in [-0.1, -0.05) is 29.3 Å². The van der Waals surface area contributed by atoms with Crippen LogP contribution in [0.25, 0.3) is 0 Å². The van der Waals surface area contributed by atoms with E-state index in [9.17, 15) is 13.2 Å². The number of sulfone groups is 1. The zero-order valence-corrected chi connectivity index (χ0v) is 14.6. The normalized spacial score (nSPS) is 18.1. The summed E-state index contributed by atoms with van der Waals surface area (Å²) in [7, 11) is -1.21. The van der Waals surface area contributed by atoms with E-state index in [4.69, 9.17) is 23.2 Å². The van der Waals surface area contributed by atoms with E-state index in [1.165, 1.54) is 0 Å². The van der Waals surface area contributed by atoms with Crippen LogP contribution in [0.4, 0.5) is 0 Å². The number of halogens is 2. The average molecular weight is 365 g/mol. The van der Waals surface area contributed by atoms with Gasteiger partial charge in [0.2, 0.25) is 5.91 Å². The molecule has 122 valence electrons. The quantitative estimate of drug-likeness (QED) is 0.815. The summed E-state index contributed by atoms with van der Waals surface area (Å²) < 4.78 is 22.7.